The zero-order valence-corrected chi connectivity index (χ0v) is 14.6. The highest BCUT2D eigenvalue weighted by Gasteiger charge is 2.19. The Hall–Kier alpha value is -1.07. The lowest BCUT2D eigenvalue weighted by atomic mass is 10.3. The summed E-state index contributed by atoms with van der Waals surface area (Å²) in [5.74, 6) is 0.940. The summed E-state index contributed by atoms with van der Waals surface area (Å²) in [4.78, 5) is 7.05. The monoisotopic (exact) mass is 311 g/mol. The third kappa shape index (κ3) is 3.24. The van der Waals surface area contributed by atoms with Crippen LogP contribution in [0.25, 0.3) is 11.2 Å². The summed E-state index contributed by atoms with van der Waals surface area (Å²) in [6, 6.07) is 0.568. The molecule has 0 N–H and O–H groups in total. The smallest absolute Gasteiger partial charge is 0.158 e. The van der Waals surface area contributed by atoms with Crippen LogP contribution in [-0.2, 0) is 13.6 Å². The van der Waals surface area contributed by atoms with E-state index < -0.39 is 0 Å². The molecule has 2 aromatic heterocycles. The van der Waals surface area contributed by atoms with Gasteiger partial charge in [0, 0.05) is 19.6 Å². The molecular formula is C15H26ClN5. The van der Waals surface area contributed by atoms with E-state index >= 15 is 0 Å². The molecule has 0 aliphatic carbocycles. The van der Waals surface area contributed by atoms with Gasteiger partial charge in [-0.3, -0.25) is 4.68 Å². The first kappa shape index (κ1) is 16.3. The molecular weight excluding hydrogens is 286 g/mol. The summed E-state index contributed by atoms with van der Waals surface area (Å²) in [5, 5.41) is 4.36. The molecule has 0 fully saturated rings. The summed E-state index contributed by atoms with van der Waals surface area (Å²) in [7, 11) is 4.13. The average molecular weight is 312 g/mol. The maximum atomic E-state index is 6.31. The zero-order valence-electron chi connectivity index (χ0n) is 13.9. The minimum atomic E-state index is -0.0976. The molecule has 0 saturated carbocycles. The van der Waals surface area contributed by atoms with E-state index in [4.69, 9.17) is 16.6 Å². The van der Waals surface area contributed by atoms with Gasteiger partial charge in [0.1, 0.15) is 11.3 Å². The van der Waals surface area contributed by atoms with Crippen molar-refractivity contribution in [2.75, 3.05) is 13.6 Å². The van der Waals surface area contributed by atoms with Gasteiger partial charge in [0.05, 0.1) is 11.1 Å². The molecule has 0 bridgehead atoms. The third-order valence-electron chi connectivity index (χ3n) is 4.05. The van der Waals surface area contributed by atoms with Gasteiger partial charge in [-0.25, -0.2) is 4.98 Å². The summed E-state index contributed by atoms with van der Waals surface area (Å²) in [6.45, 7) is 10.4. The molecule has 0 saturated heterocycles. The number of imidazole rings is 1. The number of aromatic nitrogens is 4. The van der Waals surface area contributed by atoms with Crippen molar-refractivity contribution in [3.63, 3.8) is 0 Å². The molecule has 0 radical (unpaired) electrons. The van der Waals surface area contributed by atoms with Gasteiger partial charge in [-0.15, -0.1) is 11.6 Å². The van der Waals surface area contributed by atoms with Crippen molar-refractivity contribution in [1.29, 1.82) is 0 Å². The summed E-state index contributed by atoms with van der Waals surface area (Å²) in [6.07, 6.45) is 1.07. The van der Waals surface area contributed by atoms with Crippen LogP contribution in [0.15, 0.2) is 0 Å². The number of halogens is 1. The molecule has 0 aliphatic rings. The van der Waals surface area contributed by atoms with Crippen molar-refractivity contribution in [3.05, 3.63) is 11.5 Å². The molecule has 2 heterocycles. The second-order valence-electron chi connectivity index (χ2n) is 6.05. The number of fused-ring (bicyclic) bond motifs is 1. The van der Waals surface area contributed by atoms with Crippen LogP contribution in [0.1, 0.15) is 44.1 Å². The van der Waals surface area contributed by atoms with Gasteiger partial charge < -0.3 is 9.47 Å². The van der Waals surface area contributed by atoms with Crippen LogP contribution in [0.5, 0.6) is 0 Å². The van der Waals surface area contributed by atoms with E-state index in [2.05, 4.69) is 35.5 Å². The highest BCUT2D eigenvalue weighted by molar-refractivity contribution is 6.20. The van der Waals surface area contributed by atoms with E-state index in [9.17, 15) is 0 Å². The molecule has 0 spiro atoms. The van der Waals surface area contributed by atoms with Gasteiger partial charge >= 0.3 is 0 Å². The van der Waals surface area contributed by atoms with Crippen molar-refractivity contribution in [1.82, 2.24) is 24.2 Å². The summed E-state index contributed by atoms with van der Waals surface area (Å²) < 4.78 is 4.13. The lowest BCUT2D eigenvalue weighted by molar-refractivity contribution is 0.265. The standard InChI is InChI=1S/C15H26ClN5/c1-10(2)19(5)8-7-9-21-14(11(3)16)17-13-12(4)18-20(6)15(13)21/h10-11H,7-9H2,1-6H3. The first-order valence-electron chi connectivity index (χ1n) is 7.57. The van der Waals surface area contributed by atoms with E-state index in [-0.39, 0.29) is 5.38 Å². The van der Waals surface area contributed by atoms with Crippen molar-refractivity contribution < 1.29 is 0 Å². The number of hydrogen-bond acceptors (Lipinski definition) is 3. The quantitative estimate of drug-likeness (QED) is 0.769. The Kier molecular flexibility index (Phi) is 4.94. The minimum Gasteiger partial charge on any atom is -0.312 e. The Morgan fingerprint density at radius 3 is 2.52 bits per heavy atom. The van der Waals surface area contributed by atoms with Crippen molar-refractivity contribution in [3.8, 4) is 0 Å². The maximum Gasteiger partial charge on any atom is 0.158 e. The largest absolute Gasteiger partial charge is 0.312 e. The average Bonchev–Trinajstić information content (AvgIpc) is 2.89. The van der Waals surface area contributed by atoms with Crippen LogP contribution in [0.4, 0.5) is 0 Å². The molecule has 1 unspecified atom stereocenters. The highest BCUT2D eigenvalue weighted by Crippen LogP contribution is 2.26. The van der Waals surface area contributed by atoms with E-state index in [1.807, 2.05) is 25.6 Å². The Morgan fingerprint density at radius 1 is 1.29 bits per heavy atom. The number of nitrogens with zero attached hydrogens (tertiary/aromatic N) is 5. The predicted molar refractivity (Wildman–Crippen MR) is 87.9 cm³/mol. The van der Waals surface area contributed by atoms with E-state index in [0.29, 0.717) is 6.04 Å². The summed E-state index contributed by atoms with van der Waals surface area (Å²) >= 11 is 6.31. The number of rotatable bonds is 6. The van der Waals surface area contributed by atoms with Crippen LogP contribution in [0.2, 0.25) is 0 Å². The molecule has 0 aromatic carbocycles. The van der Waals surface area contributed by atoms with E-state index in [1.165, 1.54) is 0 Å². The topological polar surface area (TPSA) is 38.9 Å². The molecule has 6 heteroatoms. The fourth-order valence-corrected chi connectivity index (χ4v) is 2.78. The molecule has 118 valence electrons. The molecule has 0 amide bonds. The first-order chi connectivity index (χ1) is 9.82. The normalized spacial score (nSPS) is 13.8. The SMILES string of the molecule is Cc1nn(C)c2c1nc(C(C)Cl)n2CCCN(C)C(C)C. The zero-order chi connectivity index (χ0) is 15.7. The minimum absolute atomic E-state index is 0.0976. The van der Waals surface area contributed by atoms with Gasteiger partial charge in [0.15, 0.2) is 5.65 Å². The lowest BCUT2D eigenvalue weighted by Crippen LogP contribution is -2.28. The highest BCUT2D eigenvalue weighted by atomic mass is 35.5. The predicted octanol–water partition coefficient (Wildman–Crippen LogP) is 3.11. The van der Waals surface area contributed by atoms with Gasteiger partial charge in [0.25, 0.3) is 0 Å². The van der Waals surface area contributed by atoms with Crippen molar-refractivity contribution >= 4 is 22.8 Å². The first-order valence-corrected chi connectivity index (χ1v) is 8.00. The van der Waals surface area contributed by atoms with Crippen LogP contribution in [0, 0.1) is 6.92 Å². The Bertz CT molecular complexity index is 611. The van der Waals surface area contributed by atoms with Crippen LogP contribution in [-0.4, -0.2) is 43.9 Å². The fourth-order valence-electron chi connectivity index (χ4n) is 2.61. The van der Waals surface area contributed by atoms with Gasteiger partial charge in [-0.2, -0.15) is 5.10 Å². The molecule has 1 atom stereocenters. The number of aryl methyl sites for hydroxylation is 3. The maximum absolute atomic E-state index is 6.31. The number of hydrogen-bond donors (Lipinski definition) is 0. The van der Waals surface area contributed by atoms with Gasteiger partial charge in [-0.1, -0.05) is 0 Å². The summed E-state index contributed by atoms with van der Waals surface area (Å²) in [5.41, 5.74) is 3.00. The second-order valence-corrected chi connectivity index (χ2v) is 6.70. The van der Waals surface area contributed by atoms with Gasteiger partial charge in [0.2, 0.25) is 0 Å². The Morgan fingerprint density at radius 2 is 1.95 bits per heavy atom. The fraction of sp³-hybridized carbons (Fsp3) is 0.733. The van der Waals surface area contributed by atoms with Crippen molar-refractivity contribution in [2.45, 2.75) is 52.1 Å². The van der Waals surface area contributed by atoms with Gasteiger partial charge in [-0.05, 0) is 47.7 Å². The Labute approximate surface area is 131 Å². The van der Waals surface area contributed by atoms with Crippen LogP contribution >= 0.6 is 11.6 Å². The molecule has 5 nitrogen and oxygen atoms in total. The van der Waals surface area contributed by atoms with Crippen molar-refractivity contribution in [2.24, 2.45) is 7.05 Å². The van der Waals surface area contributed by atoms with E-state index in [0.717, 1.165) is 42.2 Å². The molecule has 2 aromatic rings. The molecule has 0 aliphatic heterocycles. The lowest BCUT2D eigenvalue weighted by Gasteiger charge is -2.21. The second kappa shape index (κ2) is 6.36. The molecule has 21 heavy (non-hydrogen) atoms. The number of alkyl halides is 1. The Balaban J connectivity index is 2.26. The molecule has 2 rings (SSSR count). The van der Waals surface area contributed by atoms with Crippen LogP contribution in [0.3, 0.4) is 0 Å². The van der Waals surface area contributed by atoms with Crippen LogP contribution < -0.4 is 0 Å². The third-order valence-corrected chi connectivity index (χ3v) is 4.24. The van der Waals surface area contributed by atoms with E-state index in [1.54, 1.807) is 0 Å².